The summed E-state index contributed by atoms with van der Waals surface area (Å²) in [4.78, 5) is 0. The van der Waals surface area contributed by atoms with Gasteiger partial charge >= 0.3 is 0 Å². The summed E-state index contributed by atoms with van der Waals surface area (Å²) in [5.41, 5.74) is 8.93. The molecule has 1 aromatic carbocycles. The first-order valence-corrected chi connectivity index (χ1v) is 6.72. The minimum absolute atomic E-state index is 0.0222. The molecule has 0 saturated heterocycles. The van der Waals surface area contributed by atoms with Crippen LogP contribution in [0, 0.1) is 5.92 Å². The van der Waals surface area contributed by atoms with Crippen molar-refractivity contribution in [2.24, 2.45) is 11.7 Å². The fourth-order valence-electron chi connectivity index (χ4n) is 2.36. The molecular formula is C15H23NO. The SMILES string of the molecule is CCOC(C1CC1)C(N)c1cccc(CC)c1. The molecule has 1 saturated carbocycles. The van der Waals surface area contributed by atoms with Gasteiger partial charge in [0.25, 0.3) is 0 Å². The minimum Gasteiger partial charge on any atom is -0.376 e. The molecule has 1 aliphatic carbocycles. The maximum Gasteiger partial charge on any atom is 0.0795 e. The molecule has 0 bridgehead atoms. The highest BCUT2D eigenvalue weighted by atomic mass is 16.5. The van der Waals surface area contributed by atoms with Crippen molar-refractivity contribution < 1.29 is 4.74 Å². The molecule has 2 N–H and O–H groups in total. The second-order valence-electron chi connectivity index (χ2n) is 4.88. The van der Waals surface area contributed by atoms with Crippen LogP contribution in [-0.2, 0) is 11.2 Å². The van der Waals surface area contributed by atoms with E-state index in [1.165, 1.54) is 24.0 Å². The Balaban J connectivity index is 2.12. The monoisotopic (exact) mass is 233 g/mol. The molecule has 0 heterocycles. The first kappa shape index (κ1) is 12.6. The van der Waals surface area contributed by atoms with Crippen molar-refractivity contribution in [1.29, 1.82) is 0 Å². The molecule has 1 aromatic rings. The average molecular weight is 233 g/mol. The van der Waals surface area contributed by atoms with Crippen LogP contribution in [0.3, 0.4) is 0 Å². The predicted octanol–water partition coefficient (Wildman–Crippen LogP) is 3.06. The van der Waals surface area contributed by atoms with Crippen LogP contribution in [0.15, 0.2) is 24.3 Å². The fourth-order valence-corrected chi connectivity index (χ4v) is 2.36. The molecule has 1 aliphatic rings. The van der Waals surface area contributed by atoms with Crippen molar-refractivity contribution in [1.82, 2.24) is 0 Å². The lowest BCUT2D eigenvalue weighted by Crippen LogP contribution is -2.31. The van der Waals surface area contributed by atoms with Gasteiger partial charge in [0.2, 0.25) is 0 Å². The third-order valence-corrected chi connectivity index (χ3v) is 3.54. The van der Waals surface area contributed by atoms with Crippen molar-refractivity contribution in [3.8, 4) is 0 Å². The Morgan fingerprint density at radius 3 is 2.71 bits per heavy atom. The highest BCUT2D eigenvalue weighted by Crippen LogP contribution is 2.39. The van der Waals surface area contributed by atoms with E-state index in [1.54, 1.807) is 0 Å². The molecule has 94 valence electrons. The number of ether oxygens (including phenoxy) is 1. The summed E-state index contributed by atoms with van der Waals surface area (Å²) in [5.74, 6) is 0.676. The van der Waals surface area contributed by atoms with E-state index in [2.05, 4.69) is 31.2 Å². The lowest BCUT2D eigenvalue weighted by molar-refractivity contribution is 0.0283. The number of hydrogen-bond acceptors (Lipinski definition) is 2. The third-order valence-electron chi connectivity index (χ3n) is 3.54. The van der Waals surface area contributed by atoms with Crippen molar-refractivity contribution in [2.75, 3.05) is 6.61 Å². The van der Waals surface area contributed by atoms with Gasteiger partial charge in [-0.1, -0.05) is 31.2 Å². The summed E-state index contributed by atoms with van der Waals surface area (Å²) >= 11 is 0. The maximum atomic E-state index is 6.36. The topological polar surface area (TPSA) is 35.2 Å². The van der Waals surface area contributed by atoms with Gasteiger partial charge in [-0.05, 0) is 43.2 Å². The molecule has 0 amide bonds. The number of hydrogen-bond donors (Lipinski definition) is 1. The normalized spacial score (nSPS) is 19.0. The summed E-state index contributed by atoms with van der Waals surface area (Å²) in [5, 5.41) is 0. The van der Waals surface area contributed by atoms with Crippen LogP contribution in [0.2, 0.25) is 0 Å². The lowest BCUT2D eigenvalue weighted by atomic mass is 9.97. The summed E-state index contributed by atoms with van der Waals surface area (Å²) in [6, 6.07) is 8.62. The zero-order chi connectivity index (χ0) is 12.3. The smallest absolute Gasteiger partial charge is 0.0795 e. The van der Waals surface area contributed by atoms with Gasteiger partial charge in [0.05, 0.1) is 12.1 Å². The average Bonchev–Trinajstić information content (AvgIpc) is 3.19. The molecule has 17 heavy (non-hydrogen) atoms. The second-order valence-corrected chi connectivity index (χ2v) is 4.88. The zero-order valence-electron chi connectivity index (χ0n) is 10.9. The van der Waals surface area contributed by atoms with Crippen LogP contribution in [0.1, 0.15) is 43.9 Å². The zero-order valence-corrected chi connectivity index (χ0v) is 10.9. The standard InChI is InChI=1S/C15H23NO/c1-3-11-6-5-7-13(10-11)14(16)15(17-4-2)12-8-9-12/h5-7,10,12,14-15H,3-4,8-9,16H2,1-2H3. The van der Waals surface area contributed by atoms with Crippen molar-refractivity contribution >= 4 is 0 Å². The number of rotatable bonds is 6. The molecule has 2 unspecified atom stereocenters. The van der Waals surface area contributed by atoms with E-state index in [9.17, 15) is 0 Å². The second kappa shape index (κ2) is 5.65. The first-order chi connectivity index (χ1) is 8.26. The highest BCUT2D eigenvalue weighted by Gasteiger charge is 2.36. The highest BCUT2D eigenvalue weighted by molar-refractivity contribution is 5.27. The number of nitrogens with two attached hydrogens (primary N) is 1. The fraction of sp³-hybridized carbons (Fsp3) is 0.600. The summed E-state index contributed by atoms with van der Waals surface area (Å²) < 4.78 is 5.83. The predicted molar refractivity (Wildman–Crippen MR) is 70.9 cm³/mol. The van der Waals surface area contributed by atoms with E-state index in [0.717, 1.165) is 13.0 Å². The number of aryl methyl sites for hydroxylation is 1. The maximum absolute atomic E-state index is 6.36. The summed E-state index contributed by atoms with van der Waals surface area (Å²) in [6.07, 6.45) is 3.80. The van der Waals surface area contributed by atoms with Crippen LogP contribution in [-0.4, -0.2) is 12.7 Å². The van der Waals surface area contributed by atoms with E-state index in [4.69, 9.17) is 10.5 Å². The Kier molecular flexibility index (Phi) is 4.19. The molecule has 1 fully saturated rings. The number of benzene rings is 1. The molecule has 0 aliphatic heterocycles. The van der Waals surface area contributed by atoms with E-state index in [0.29, 0.717) is 5.92 Å². The molecule has 2 heteroatoms. The molecule has 0 radical (unpaired) electrons. The van der Waals surface area contributed by atoms with Crippen LogP contribution >= 0.6 is 0 Å². The van der Waals surface area contributed by atoms with Crippen molar-refractivity contribution in [3.05, 3.63) is 35.4 Å². The Bertz CT molecular complexity index is 360. The molecule has 2 atom stereocenters. The Labute approximate surface area is 104 Å². The summed E-state index contributed by atoms with van der Waals surface area (Å²) in [6.45, 7) is 4.97. The van der Waals surface area contributed by atoms with Crippen LogP contribution in [0.4, 0.5) is 0 Å². The molecule has 0 aromatic heterocycles. The molecular weight excluding hydrogens is 210 g/mol. The van der Waals surface area contributed by atoms with E-state index in [1.807, 2.05) is 6.92 Å². The van der Waals surface area contributed by atoms with Gasteiger partial charge < -0.3 is 10.5 Å². The Hall–Kier alpha value is -0.860. The van der Waals surface area contributed by atoms with Gasteiger partial charge in [-0.2, -0.15) is 0 Å². The molecule has 2 rings (SSSR count). The Morgan fingerprint density at radius 1 is 1.35 bits per heavy atom. The quantitative estimate of drug-likeness (QED) is 0.819. The van der Waals surface area contributed by atoms with E-state index >= 15 is 0 Å². The third kappa shape index (κ3) is 3.08. The van der Waals surface area contributed by atoms with Gasteiger partial charge in [-0.3, -0.25) is 0 Å². The van der Waals surface area contributed by atoms with Crippen LogP contribution in [0.25, 0.3) is 0 Å². The van der Waals surface area contributed by atoms with Crippen molar-refractivity contribution in [2.45, 2.75) is 45.3 Å². The van der Waals surface area contributed by atoms with Gasteiger partial charge in [-0.15, -0.1) is 0 Å². The van der Waals surface area contributed by atoms with Gasteiger partial charge in [0.1, 0.15) is 0 Å². The minimum atomic E-state index is 0.0222. The summed E-state index contributed by atoms with van der Waals surface area (Å²) in [7, 11) is 0. The largest absolute Gasteiger partial charge is 0.376 e. The van der Waals surface area contributed by atoms with Crippen LogP contribution in [0.5, 0.6) is 0 Å². The van der Waals surface area contributed by atoms with E-state index < -0.39 is 0 Å². The molecule has 2 nitrogen and oxygen atoms in total. The van der Waals surface area contributed by atoms with Gasteiger partial charge in [-0.25, -0.2) is 0 Å². The van der Waals surface area contributed by atoms with Crippen LogP contribution < -0.4 is 5.73 Å². The van der Waals surface area contributed by atoms with Gasteiger partial charge in [0, 0.05) is 6.61 Å². The van der Waals surface area contributed by atoms with Crippen molar-refractivity contribution in [3.63, 3.8) is 0 Å². The first-order valence-electron chi connectivity index (χ1n) is 6.72. The van der Waals surface area contributed by atoms with Gasteiger partial charge in [0.15, 0.2) is 0 Å². The lowest BCUT2D eigenvalue weighted by Gasteiger charge is -2.24. The Morgan fingerprint density at radius 2 is 2.12 bits per heavy atom. The molecule has 0 spiro atoms. The van der Waals surface area contributed by atoms with E-state index in [-0.39, 0.29) is 12.1 Å².